The number of nitrogens with one attached hydrogen (secondary N) is 1. The fraction of sp³-hybridized carbons (Fsp3) is 0.273. The maximum Gasteiger partial charge on any atom is 0.194 e. The largest absolute Gasteiger partial charge is 0.493 e. The summed E-state index contributed by atoms with van der Waals surface area (Å²) in [7, 11) is 1.89. The molecule has 0 saturated carbocycles. The van der Waals surface area contributed by atoms with Gasteiger partial charge >= 0.3 is 0 Å². The summed E-state index contributed by atoms with van der Waals surface area (Å²) in [4.78, 5) is 0. The molecule has 0 aliphatic rings. The van der Waals surface area contributed by atoms with E-state index in [0.717, 1.165) is 18.0 Å². The van der Waals surface area contributed by atoms with Gasteiger partial charge in [0.2, 0.25) is 0 Å². The molecule has 1 N–H and O–H groups in total. The predicted molar refractivity (Wildman–Crippen MR) is 64.0 cm³/mol. The molecule has 1 heterocycles. The Morgan fingerprint density at radius 2 is 2.12 bits per heavy atom. The van der Waals surface area contributed by atoms with E-state index in [1.807, 2.05) is 41.9 Å². The number of benzene rings is 1. The van der Waals surface area contributed by atoms with E-state index in [-0.39, 0.29) is 0 Å². The van der Waals surface area contributed by atoms with Crippen LogP contribution in [0.1, 0.15) is 5.82 Å². The van der Waals surface area contributed by atoms with Gasteiger partial charge < -0.3 is 9.30 Å². The summed E-state index contributed by atoms with van der Waals surface area (Å²) in [5.74, 6) is 1.78. The monoisotopic (exact) mass is 235 g/mol. The fourth-order valence-electron chi connectivity index (χ4n) is 1.38. The molecular weight excluding hydrogens is 222 g/mol. The molecule has 0 atom stereocenters. The van der Waals surface area contributed by atoms with Crippen molar-refractivity contribution in [2.24, 2.45) is 7.05 Å². The number of hydrogen-bond donors (Lipinski definition) is 1. The minimum atomic E-state index is 0.595. The summed E-state index contributed by atoms with van der Waals surface area (Å²) in [5.41, 5.74) is 0. The highest BCUT2D eigenvalue weighted by atomic mass is 32.1. The molecule has 2 rings (SSSR count). The van der Waals surface area contributed by atoms with Crippen LogP contribution < -0.4 is 4.74 Å². The Morgan fingerprint density at radius 1 is 1.38 bits per heavy atom. The highest BCUT2D eigenvalue weighted by Gasteiger charge is 2.01. The third kappa shape index (κ3) is 2.49. The van der Waals surface area contributed by atoms with E-state index in [1.54, 1.807) is 0 Å². The number of para-hydroxylation sites is 1. The van der Waals surface area contributed by atoms with Gasteiger partial charge in [0.15, 0.2) is 4.77 Å². The first-order chi connectivity index (χ1) is 7.77. The number of nitrogens with zero attached hydrogens (tertiary/aromatic N) is 2. The molecule has 0 radical (unpaired) electrons. The molecule has 1 aromatic carbocycles. The fourth-order valence-corrected chi connectivity index (χ4v) is 1.53. The Bertz CT molecular complexity index is 503. The Balaban J connectivity index is 1.89. The van der Waals surface area contributed by atoms with Gasteiger partial charge in [-0.05, 0) is 24.4 Å². The van der Waals surface area contributed by atoms with Crippen molar-refractivity contribution in [1.82, 2.24) is 14.8 Å². The molecule has 84 valence electrons. The van der Waals surface area contributed by atoms with Crippen LogP contribution in [0.2, 0.25) is 0 Å². The number of H-pyrrole nitrogens is 1. The summed E-state index contributed by atoms with van der Waals surface area (Å²) in [6.07, 6.45) is 0.735. The van der Waals surface area contributed by atoms with Gasteiger partial charge in [-0.3, -0.25) is 5.10 Å². The van der Waals surface area contributed by atoms with Crippen LogP contribution in [-0.2, 0) is 13.5 Å². The van der Waals surface area contributed by atoms with Crippen molar-refractivity contribution in [3.63, 3.8) is 0 Å². The Hall–Kier alpha value is -1.62. The predicted octanol–water partition coefficient (Wildman–Crippen LogP) is 2.10. The highest BCUT2D eigenvalue weighted by molar-refractivity contribution is 7.71. The Kier molecular flexibility index (Phi) is 3.36. The molecule has 0 amide bonds. The molecule has 0 saturated heterocycles. The van der Waals surface area contributed by atoms with Crippen molar-refractivity contribution in [2.75, 3.05) is 6.61 Å². The van der Waals surface area contributed by atoms with E-state index in [9.17, 15) is 0 Å². The second kappa shape index (κ2) is 4.94. The molecule has 2 aromatic rings. The highest BCUT2D eigenvalue weighted by Crippen LogP contribution is 2.08. The van der Waals surface area contributed by atoms with E-state index in [0.29, 0.717) is 11.4 Å². The molecule has 0 fully saturated rings. The lowest BCUT2D eigenvalue weighted by atomic mass is 10.3. The number of hydrogen-bond acceptors (Lipinski definition) is 3. The van der Waals surface area contributed by atoms with Gasteiger partial charge in [-0.1, -0.05) is 18.2 Å². The van der Waals surface area contributed by atoms with Crippen LogP contribution in [0.4, 0.5) is 0 Å². The average molecular weight is 235 g/mol. The van der Waals surface area contributed by atoms with Crippen LogP contribution in [0.25, 0.3) is 0 Å². The molecule has 0 aliphatic heterocycles. The third-order valence-corrected chi connectivity index (χ3v) is 2.68. The first-order valence-corrected chi connectivity index (χ1v) is 5.46. The lowest BCUT2D eigenvalue weighted by Gasteiger charge is -2.04. The first kappa shape index (κ1) is 10.9. The Labute approximate surface area is 98.9 Å². The van der Waals surface area contributed by atoms with Gasteiger partial charge in [0.1, 0.15) is 11.6 Å². The van der Waals surface area contributed by atoms with Gasteiger partial charge in [-0.15, -0.1) is 0 Å². The number of aromatic nitrogens is 3. The zero-order valence-corrected chi connectivity index (χ0v) is 9.83. The number of ether oxygens (including phenoxy) is 1. The van der Waals surface area contributed by atoms with E-state index < -0.39 is 0 Å². The third-order valence-electron chi connectivity index (χ3n) is 2.31. The maximum atomic E-state index is 5.57. The van der Waals surface area contributed by atoms with E-state index in [1.165, 1.54) is 0 Å². The van der Waals surface area contributed by atoms with Gasteiger partial charge in [0.05, 0.1) is 6.61 Å². The topological polar surface area (TPSA) is 42.8 Å². The van der Waals surface area contributed by atoms with Crippen LogP contribution in [-0.4, -0.2) is 21.4 Å². The SMILES string of the molecule is Cn1c(CCOc2ccccc2)n[nH]c1=S. The molecule has 0 spiro atoms. The molecular formula is C11H13N3OS. The summed E-state index contributed by atoms with van der Waals surface area (Å²) < 4.78 is 8.06. The number of aromatic amines is 1. The normalized spacial score (nSPS) is 10.3. The molecule has 16 heavy (non-hydrogen) atoms. The van der Waals surface area contributed by atoms with Gasteiger partial charge in [0.25, 0.3) is 0 Å². The maximum absolute atomic E-state index is 5.57. The first-order valence-electron chi connectivity index (χ1n) is 5.05. The molecule has 4 nitrogen and oxygen atoms in total. The quantitative estimate of drug-likeness (QED) is 0.825. The second-order valence-corrected chi connectivity index (χ2v) is 3.80. The van der Waals surface area contributed by atoms with E-state index >= 15 is 0 Å². The smallest absolute Gasteiger partial charge is 0.194 e. The van der Waals surface area contributed by atoms with Crippen LogP contribution in [0.3, 0.4) is 0 Å². The van der Waals surface area contributed by atoms with Crippen molar-refractivity contribution < 1.29 is 4.74 Å². The lowest BCUT2D eigenvalue weighted by Crippen LogP contribution is -2.06. The summed E-state index contributed by atoms with van der Waals surface area (Å²) in [5, 5.41) is 6.86. The molecule has 1 aromatic heterocycles. The van der Waals surface area contributed by atoms with Crippen molar-refractivity contribution in [3.05, 3.63) is 40.9 Å². The van der Waals surface area contributed by atoms with Crippen molar-refractivity contribution in [1.29, 1.82) is 0 Å². The number of rotatable bonds is 4. The molecule has 0 bridgehead atoms. The van der Waals surface area contributed by atoms with Gasteiger partial charge in [-0.25, -0.2) is 0 Å². The summed E-state index contributed by atoms with van der Waals surface area (Å²) in [6.45, 7) is 0.595. The van der Waals surface area contributed by atoms with Crippen molar-refractivity contribution in [2.45, 2.75) is 6.42 Å². The summed E-state index contributed by atoms with van der Waals surface area (Å²) in [6, 6.07) is 9.73. The van der Waals surface area contributed by atoms with Gasteiger partial charge in [-0.2, -0.15) is 5.10 Å². The van der Waals surface area contributed by atoms with Crippen LogP contribution in [0, 0.1) is 4.77 Å². The van der Waals surface area contributed by atoms with Crippen molar-refractivity contribution >= 4 is 12.2 Å². The van der Waals surface area contributed by atoms with Crippen LogP contribution >= 0.6 is 12.2 Å². The minimum Gasteiger partial charge on any atom is -0.493 e. The molecule has 5 heteroatoms. The standard InChI is InChI=1S/C11H13N3OS/c1-14-10(12-13-11(14)16)7-8-15-9-5-3-2-4-6-9/h2-6H,7-8H2,1H3,(H,13,16). The summed E-state index contributed by atoms with van der Waals surface area (Å²) >= 11 is 5.02. The van der Waals surface area contributed by atoms with Crippen LogP contribution in [0.15, 0.2) is 30.3 Å². The average Bonchev–Trinajstić information content (AvgIpc) is 2.62. The zero-order chi connectivity index (χ0) is 11.4. The molecule has 0 aliphatic carbocycles. The Morgan fingerprint density at radius 3 is 2.75 bits per heavy atom. The molecule has 0 unspecified atom stereocenters. The zero-order valence-electron chi connectivity index (χ0n) is 9.01. The van der Waals surface area contributed by atoms with Crippen LogP contribution in [0.5, 0.6) is 5.75 Å². The van der Waals surface area contributed by atoms with E-state index in [2.05, 4.69) is 10.2 Å². The minimum absolute atomic E-state index is 0.595. The second-order valence-electron chi connectivity index (χ2n) is 3.42. The van der Waals surface area contributed by atoms with E-state index in [4.69, 9.17) is 17.0 Å². The lowest BCUT2D eigenvalue weighted by molar-refractivity contribution is 0.317. The van der Waals surface area contributed by atoms with Gasteiger partial charge in [0, 0.05) is 13.5 Å². The van der Waals surface area contributed by atoms with Crippen molar-refractivity contribution in [3.8, 4) is 5.75 Å².